The zero-order valence-electron chi connectivity index (χ0n) is 14.2. The second-order valence-electron chi connectivity index (χ2n) is 6.28. The van der Waals surface area contributed by atoms with E-state index in [1.165, 1.54) is 31.0 Å². The lowest BCUT2D eigenvalue weighted by molar-refractivity contribution is -0.114. The van der Waals surface area contributed by atoms with Crippen LogP contribution >= 0.6 is 0 Å². The lowest BCUT2D eigenvalue weighted by Gasteiger charge is -2.09. The monoisotopic (exact) mass is 342 g/mol. The third kappa shape index (κ3) is 3.99. The number of aromatic hydroxyl groups is 1. The molecule has 2 amide bonds. The van der Waals surface area contributed by atoms with Gasteiger partial charge in [-0.3, -0.25) is 14.7 Å². The SMILES string of the molecule is CC(=O)Nc1ccc(O)c(C(=O)NCc2n[nH]c3c2CCCCC3)c1. The van der Waals surface area contributed by atoms with Gasteiger partial charge in [0.15, 0.2) is 0 Å². The molecule has 0 saturated heterocycles. The highest BCUT2D eigenvalue weighted by atomic mass is 16.3. The molecule has 0 unspecified atom stereocenters. The number of aryl methyl sites for hydroxylation is 1. The molecule has 0 fully saturated rings. The van der Waals surface area contributed by atoms with Gasteiger partial charge in [-0.2, -0.15) is 5.10 Å². The number of nitrogens with zero attached hydrogens (tertiary/aromatic N) is 1. The van der Waals surface area contributed by atoms with Gasteiger partial charge in [0.2, 0.25) is 5.91 Å². The van der Waals surface area contributed by atoms with Crippen molar-refractivity contribution in [3.63, 3.8) is 0 Å². The number of hydrogen-bond donors (Lipinski definition) is 4. The van der Waals surface area contributed by atoms with Gasteiger partial charge in [0.25, 0.3) is 5.91 Å². The van der Waals surface area contributed by atoms with Crippen molar-refractivity contribution in [2.24, 2.45) is 0 Å². The molecular formula is C18H22N4O3. The number of carbonyl (C=O) groups is 2. The summed E-state index contributed by atoms with van der Waals surface area (Å²) < 4.78 is 0. The van der Waals surface area contributed by atoms with E-state index in [9.17, 15) is 14.7 Å². The largest absolute Gasteiger partial charge is 0.507 e. The van der Waals surface area contributed by atoms with E-state index in [0.717, 1.165) is 37.1 Å². The molecule has 0 bridgehead atoms. The van der Waals surface area contributed by atoms with E-state index in [-0.39, 0.29) is 17.2 Å². The Kier molecular flexibility index (Phi) is 5.02. The zero-order chi connectivity index (χ0) is 17.8. The fourth-order valence-corrected chi connectivity index (χ4v) is 3.13. The Hall–Kier alpha value is -2.83. The minimum Gasteiger partial charge on any atom is -0.507 e. The quantitative estimate of drug-likeness (QED) is 0.505. The van der Waals surface area contributed by atoms with E-state index >= 15 is 0 Å². The highest BCUT2D eigenvalue weighted by molar-refractivity contribution is 5.99. The van der Waals surface area contributed by atoms with Crippen molar-refractivity contribution in [3.05, 3.63) is 40.7 Å². The number of phenols is 1. The van der Waals surface area contributed by atoms with Crippen LogP contribution in [0.3, 0.4) is 0 Å². The molecule has 0 spiro atoms. The van der Waals surface area contributed by atoms with Crippen molar-refractivity contribution in [2.45, 2.75) is 45.6 Å². The minimum atomic E-state index is -0.407. The summed E-state index contributed by atoms with van der Waals surface area (Å²) in [6, 6.07) is 4.39. The summed E-state index contributed by atoms with van der Waals surface area (Å²) >= 11 is 0. The number of benzene rings is 1. The Morgan fingerprint density at radius 2 is 2.04 bits per heavy atom. The first-order valence-electron chi connectivity index (χ1n) is 8.48. The summed E-state index contributed by atoms with van der Waals surface area (Å²) in [5.41, 5.74) is 3.80. The Labute approximate surface area is 145 Å². The third-order valence-electron chi connectivity index (χ3n) is 4.37. The van der Waals surface area contributed by atoms with Gasteiger partial charge < -0.3 is 15.7 Å². The van der Waals surface area contributed by atoms with Crippen molar-refractivity contribution in [2.75, 3.05) is 5.32 Å². The first-order valence-corrected chi connectivity index (χ1v) is 8.48. The van der Waals surface area contributed by atoms with Crippen molar-refractivity contribution in [3.8, 4) is 5.75 Å². The van der Waals surface area contributed by atoms with Gasteiger partial charge in [0.1, 0.15) is 5.75 Å². The van der Waals surface area contributed by atoms with Gasteiger partial charge >= 0.3 is 0 Å². The number of fused-ring (bicyclic) bond motifs is 1. The lowest BCUT2D eigenvalue weighted by atomic mass is 10.1. The molecule has 0 aliphatic heterocycles. The van der Waals surface area contributed by atoms with Gasteiger partial charge in [-0.25, -0.2) is 0 Å². The van der Waals surface area contributed by atoms with Crippen LogP contribution in [0, 0.1) is 0 Å². The van der Waals surface area contributed by atoms with Crippen LogP contribution in [-0.2, 0) is 24.2 Å². The molecule has 2 aromatic rings. The van der Waals surface area contributed by atoms with Crippen molar-refractivity contribution < 1.29 is 14.7 Å². The number of carbonyl (C=O) groups excluding carboxylic acids is 2. The fraction of sp³-hybridized carbons (Fsp3) is 0.389. The molecule has 1 aliphatic rings. The number of aromatic amines is 1. The van der Waals surface area contributed by atoms with Gasteiger partial charge in [-0.1, -0.05) is 6.42 Å². The Morgan fingerprint density at radius 3 is 2.84 bits per heavy atom. The molecule has 0 atom stereocenters. The summed E-state index contributed by atoms with van der Waals surface area (Å²) in [6.45, 7) is 1.68. The number of amides is 2. The first-order chi connectivity index (χ1) is 12.0. The maximum atomic E-state index is 12.4. The molecule has 1 aromatic carbocycles. The number of nitrogens with one attached hydrogen (secondary N) is 3. The summed E-state index contributed by atoms with van der Waals surface area (Å²) in [6.07, 6.45) is 5.46. The van der Waals surface area contributed by atoms with Crippen LogP contribution in [0.15, 0.2) is 18.2 Å². The number of hydrogen-bond acceptors (Lipinski definition) is 4. The minimum absolute atomic E-state index is 0.118. The van der Waals surface area contributed by atoms with E-state index in [4.69, 9.17) is 0 Å². The van der Waals surface area contributed by atoms with E-state index in [2.05, 4.69) is 20.8 Å². The van der Waals surface area contributed by atoms with Crippen LogP contribution in [0.4, 0.5) is 5.69 Å². The summed E-state index contributed by atoms with van der Waals surface area (Å²) in [5.74, 6) is -0.779. The molecular weight excluding hydrogens is 320 g/mol. The topological polar surface area (TPSA) is 107 Å². The highest BCUT2D eigenvalue weighted by Gasteiger charge is 2.17. The number of H-pyrrole nitrogens is 1. The van der Waals surface area contributed by atoms with E-state index in [0.29, 0.717) is 12.2 Å². The standard InChI is InChI=1S/C18H22N4O3/c1-11(23)20-12-7-8-17(24)14(9-12)18(25)19-10-16-13-5-3-2-4-6-15(13)21-22-16/h7-9,24H,2-6,10H2,1H3,(H,19,25)(H,20,23)(H,21,22). The van der Waals surface area contributed by atoms with E-state index in [1.54, 1.807) is 6.07 Å². The van der Waals surface area contributed by atoms with Crippen molar-refractivity contribution in [1.82, 2.24) is 15.5 Å². The van der Waals surface area contributed by atoms with Crippen LogP contribution in [-0.4, -0.2) is 27.1 Å². The Morgan fingerprint density at radius 1 is 1.24 bits per heavy atom. The second kappa shape index (κ2) is 7.38. The van der Waals surface area contributed by atoms with E-state index < -0.39 is 5.91 Å². The Bertz CT molecular complexity index is 798. The molecule has 0 saturated carbocycles. The molecule has 1 aromatic heterocycles. The van der Waals surface area contributed by atoms with E-state index in [1.807, 2.05) is 0 Å². The second-order valence-corrected chi connectivity index (χ2v) is 6.28. The fourth-order valence-electron chi connectivity index (χ4n) is 3.13. The van der Waals surface area contributed by atoms with Crippen LogP contribution in [0.2, 0.25) is 0 Å². The average Bonchev–Trinajstić information content (AvgIpc) is 2.80. The predicted molar refractivity (Wildman–Crippen MR) is 93.4 cm³/mol. The summed E-state index contributed by atoms with van der Waals surface area (Å²) in [5, 5.41) is 22.7. The van der Waals surface area contributed by atoms with Crippen molar-refractivity contribution >= 4 is 17.5 Å². The highest BCUT2D eigenvalue weighted by Crippen LogP contribution is 2.23. The van der Waals surface area contributed by atoms with Gasteiger partial charge in [0, 0.05) is 18.3 Å². The number of anilines is 1. The van der Waals surface area contributed by atoms with Crippen LogP contribution in [0.25, 0.3) is 0 Å². The molecule has 0 radical (unpaired) electrons. The molecule has 25 heavy (non-hydrogen) atoms. The third-order valence-corrected chi connectivity index (χ3v) is 4.37. The van der Waals surface area contributed by atoms with Crippen LogP contribution < -0.4 is 10.6 Å². The zero-order valence-corrected chi connectivity index (χ0v) is 14.2. The number of rotatable bonds is 4. The molecule has 4 N–H and O–H groups in total. The average molecular weight is 342 g/mol. The van der Waals surface area contributed by atoms with Crippen molar-refractivity contribution in [1.29, 1.82) is 0 Å². The number of phenolic OH excluding ortho intramolecular Hbond substituents is 1. The molecule has 1 heterocycles. The van der Waals surface area contributed by atoms with Gasteiger partial charge in [-0.05, 0) is 49.4 Å². The summed E-state index contributed by atoms with van der Waals surface area (Å²) in [4.78, 5) is 23.6. The first kappa shape index (κ1) is 17.0. The maximum Gasteiger partial charge on any atom is 0.255 e. The normalized spacial score (nSPS) is 13.6. The molecule has 1 aliphatic carbocycles. The smallest absolute Gasteiger partial charge is 0.255 e. The lowest BCUT2D eigenvalue weighted by Crippen LogP contribution is -2.24. The van der Waals surface area contributed by atoms with Crippen LogP contribution in [0.5, 0.6) is 5.75 Å². The predicted octanol–water partition coefficient (Wildman–Crippen LogP) is 2.27. The molecule has 7 heteroatoms. The summed E-state index contributed by atoms with van der Waals surface area (Å²) in [7, 11) is 0. The maximum absolute atomic E-state index is 12.4. The molecule has 132 valence electrons. The number of aromatic nitrogens is 2. The molecule has 3 rings (SSSR count). The Balaban J connectivity index is 1.71. The van der Waals surface area contributed by atoms with Crippen LogP contribution in [0.1, 0.15) is 53.5 Å². The van der Waals surface area contributed by atoms with Gasteiger partial charge in [-0.15, -0.1) is 0 Å². The molecule has 7 nitrogen and oxygen atoms in total. The van der Waals surface area contributed by atoms with Gasteiger partial charge in [0.05, 0.1) is 17.8 Å².